The topological polar surface area (TPSA) is 92.7 Å². The highest BCUT2D eigenvalue weighted by molar-refractivity contribution is 5.95. The van der Waals surface area contributed by atoms with E-state index in [1.807, 2.05) is 0 Å². The molecule has 2 aromatic rings. The van der Waals surface area contributed by atoms with Crippen LogP contribution in [-0.4, -0.2) is 17.0 Å². The number of carbonyl (C=O) groups is 2. The first-order valence-electron chi connectivity index (χ1n) is 5.19. The Hall–Kier alpha value is -2.50. The highest BCUT2D eigenvalue weighted by Crippen LogP contribution is 2.10. The molecule has 0 unspecified atom stereocenters. The van der Waals surface area contributed by atoms with E-state index >= 15 is 0 Å². The van der Waals surface area contributed by atoms with Crippen molar-refractivity contribution in [3.63, 3.8) is 0 Å². The summed E-state index contributed by atoms with van der Waals surface area (Å²) in [5, 5.41) is 11.3. The van der Waals surface area contributed by atoms with Crippen LogP contribution >= 0.6 is 0 Å². The number of aromatic carboxylic acids is 1. The minimum absolute atomic E-state index is 0.0544. The molecule has 0 aliphatic rings. The minimum Gasteiger partial charge on any atom is -0.478 e. The van der Waals surface area contributed by atoms with Crippen LogP contribution < -0.4 is 5.32 Å². The van der Waals surface area contributed by atoms with Crippen LogP contribution in [0.2, 0.25) is 0 Å². The number of carbonyl (C=O) groups excluding carboxylic acids is 1. The smallest absolute Gasteiger partial charge is 0.338 e. The number of furan rings is 2. The molecule has 6 heteroatoms. The predicted molar refractivity (Wildman–Crippen MR) is 60.3 cm³/mol. The second kappa shape index (κ2) is 4.79. The molecule has 0 spiro atoms. The normalized spacial score (nSPS) is 10.3. The Morgan fingerprint density at radius 2 is 2.11 bits per heavy atom. The molecule has 0 saturated carbocycles. The third-order valence-corrected chi connectivity index (χ3v) is 2.42. The van der Waals surface area contributed by atoms with E-state index in [0.29, 0.717) is 11.3 Å². The van der Waals surface area contributed by atoms with Gasteiger partial charge < -0.3 is 19.3 Å². The lowest BCUT2D eigenvalue weighted by Gasteiger charge is -2.01. The number of aryl methyl sites for hydroxylation is 1. The van der Waals surface area contributed by atoms with Gasteiger partial charge in [0, 0.05) is 0 Å². The highest BCUT2D eigenvalue weighted by atomic mass is 16.4. The van der Waals surface area contributed by atoms with Crippen molar-refractivity contribution >= 4 is 11.9 Å². The molecule has 2 rings (SSSR count). The van der Waals surface area contributed by atoms with Gasteiger partial charge in [-0.2, -0.15) is 0 Å². The summed E-state index contributed by atoms with van der Waals surface area (Å²) in [6.45, 7) is 1.88. The summed E-state index contributed by atoms with van der Waals surface area (Å²) in [7, 11) is 0. The van der Waals surface area contributed by atoms with Gasteiger partial charge in [-0.15, -0.1) is 0 Å². The van der Waals surface area contributed by atoms with E-state index in [1.54, 1.807) is 6.92 Å². The lowest BCUT2D eigenvalue weighted by molar-refractivity contribution is 0.0696. The number of nitrogens with one attached hydrogen (secondary N) is 1. The molecule has 94 valence electrons. The number of rotatable bonds is 4. The molecule has 2 N–H and O–H groups in total. The summed E-state index contributed by atoms with van der Waals surface area (Å²) in [6, 6.07) is 1.37. The van der Waals surface area contributed by atoms with Crippen molar-refractivity contribution in [2.45, 2.75) is 13.5 Å². The Labute approximate surface area is 102 Å². The average Bonchev–Trinajstić information content (AvgIpc) is 2.94. The van der Waals surface area contributed by atoms with Crippen molar-refractivity contribution in [3.8, 4) is 0 Å². The van der Waals surface area contributed by atoms with Gasteiger partial charge in [0.25, 0.3) is 5.91 Å². The Balaban J connectivity index is 1.97. The fourth-order valence-corrected chi connectivity index (χ4v) is 1.44. The first-order valence-corrected chi connectivity index (χ1v) is 5.19. The van der Waals surface area contributed by atoms with Crippen LogP contribution in [0.3, 0.4) is 0 Å². The van der Waals surface area contributed by atoms with E-state index in [1.165, 1.54) is 18.6 Å². The van der Waals surface area contributed by atoms with Crippen LogP contribution in [0.1, 0.15) is 32.0 Å². The van der Waals surface area contributed by atoms with Crippen molar-refractivity contribution in [1.82, 2.24) is 5.32 Å². The predicted octanol–water partition coefficient (Wildman–Crippen LogP) is 1.81. The van der Waals surface area contributed by atoms with Gasteiger partial charge in [0.1, 0.15) is 18.3 Å². The van der Waals surface area contributed by atoms with Gasteiger partial charge in [-0.3, -0.25) is 4.79 Å². The first-order chi connectivity index (χ1) is 8.58. The lowest BCUT2D eigenvalue weighted by atomic mass is 10.2. The number of hydrogen-bond donors (Lipinski definition) is 2. The third kappa shape index (κ3) is 2.42. The van der Waals surface area contributed by atoms with Gasteiger partial charge >= 0.3 is 5.97 Å². The third-order valence-electron chi connectivity index (χ3n) is 2.42. The number of hydrogen-bond acceptors (Lipinski definition) is 4. The summed E-state index contributed by atoms with van der Waals surface area (Å²) < 4.78 is 9.90. The maximum atomic E-state index is 11.7. The van der Waals surface area contributed by atoms with E-state index in [-0.39, 0.29) is 18.0 Å². The zero-order valence-electron chi connectivity index (χ0n) is 9.60. The van der Waals surface area contributed by atoms with Crippen LogP contribution in [0.4, 0.5) is 0 Å². The lowest BCUT2D eigenvalue weighted by Crippen LogP contribution is -2.22. The molecule has 6 nitrogen and oxygen atoms in total. The van der Waals surface area contributed by atoms with Gasteiger partial charge in [-0.1, -0.05) is 0 Å². The average molecular weight is 249 g/mol. The van der Waals surface area contributed by atoms with Crippen LogP contribution in [-0.2, 0) is 6.54 Å². The van der Waals surface area contributed by atoms with E-state index in [0.717, 1.165) is 11.8 Å². The highest BCUT2D eigenvalue weighted by Gasteiger charge is 2.12. The van der Waals surface area contributed by atoms with Gasteiger partial charge in [0.15, 0.2) is 0 Å². The Morgan fingerprint density at radius 1 is 1.33 bits per heavy atom. The number of amides is 1. The molecule has 2 aromatic heterocycles. The van der Waals surface area contributed by atoms with Gasteiger partial charge in [-0.25, -0.2) is 4.79 Å². The molecule has 0 aliphatic carbocycles. The van der Waals surface area contributed by atoms with E-state index in [4.69, 9.17) is 13.9 Å². The SMILES string of the molecule is Cc1cocc1C(=O)NCc1cc(C(=O)O)co1. The van der Waals surface area contributed by atoms with E-state index in [9.17, 15) is 9.59 Å². The van der Waals surface area contributed by atoms with Crippen LogP contribution in [0, 0.1) is 6.92 Å². The second-order valence-corrected chi connectivity index (χ2v) is 3.76. The van der Waals surface area contributed by atoms with E-state index < -0.39 is 5.97 Å². The Morgan fingerprint density at radius 3 is 2.67 bits per heavy atom. The first kappa shape index (κ1) is 12.0. The molecular weight excluding hydrogens is 238 g/mol. The molecule has 0 bridgehead atoms. The fourth-order valence-electron chi connectivity index (χ4n) is 1.44. The minimum atomic E-state index is -1.07. The molecule has 0 radical (unpaired) electrons. The number of carboxylic acids is 1. The monoisotopic (exact) mass is 249 g/mol. The Kier molecular flexibility index (Phi) is 3.18. The van der Waals surface area contributed by atoms with Crippen LogP contribution in [0.15, 0.2) is 33.7 Å². The largest absolute Gasteiger partial charge is 0.478 e. The van der Waals surface area contributed by atoms with Crippen molar-refractivity contribution in [3.05, 3.63) is 47.3 Å². The molecule has 2 heterocycles. The molecular formula is C12H11NO5. The summed E-state index contributed by atoms with van der Waals surface area (Å²) >= 11 is 0. The summed E-state index contributed by atoms with van der Waals surface area (Å²) in [5.41, 5.74) is 1.23. The van der Waals surface area contributed by atoms with Crippen molar-refractivity contribution in [1.29, 1.82) is 0 Å². The zero-order chi connectivity index (χ0) is 13.1. The molecule has 0 saturated heterocycles. The second-order valence-electron chi connectivity index (χ2n) is 3.76. The van der Waals surface area contributed by atoms with Gasteiger partial charge in [-0.05, 0) is 18.6 Å². The van der Waals surface area contributed by atoms with Crippen molar-refractivity contribution in [2.75, 3.05) is 0 Å². The number of carboxylic acid groups (broad SMARTS) is 1. The fraction of sp³-hybridized carbons (Fsp3) is 0.167. The zero-order valence-corrected chi connectivity index (χ0v) is 9.60. The van der Waals surface area contributed by atoms with Crippen LogP contribution in [0.5, 0.6) is 0 Å². The van der Waals surface area contributed by atoms with Crippen LogP contribution in [0.25, 0.3) is 0 Å². The van der Waals surface area contributed by atoms with Crippen molar-refractivity contribution < 1.29 is 23.5 Å². The standard InChI is InChI=1S/C12H11NO5/c1-7-4-17-6-10(7)11(14)13-3-9-2-8(5-18-9)12(15)16/h2,4-6H,3H2,1H3,(H,13,14)(H,15,16). The Bertz CT molecular complexity index is 581. The molecule has 0 fully saturated rings. The molecule has 18 heavy (non-hydrogen) atoms. The van der Waals surface area contributed by atoms with Crippen molar-refractivity contribution in [2.24, 2.45) is 0 Å². The summed E-state index contributed by atoms with van der Waals surface area (Å²) in [6.07, 6.45) is 3.97. The van der Waals surface area contributed by atoms with Gasteiger partial charge in [0.05, 0.1) is 23.9 Å². The molecule has 1 amide bonds. The maximum Gasteiger partial charge on any atom is 0.338 e. The molecule has 0 aromatic carbocycles. The molecule has 0 aliphatic heterocycles. The summed E-state index contributed by atoms with van der Waals surface area (Å²) in [4.78, 5) is 22.3. The maximum absolute atomic E-state index is 11.7. The van der Waals surface area contributed by atoms with E-state index in [2.05, 4.69) is 5.32 Å². The van der Waals surface area contributed by atoms with Gasteiger partial charge in [0.2, 0.25) is 0 Å². The summed E-state index contributed by atoms with van der Waals surface area (Å²) in [5.74, 6) is -0.988. The molecule has 0 atom stereocenters. The quantitative estimate of drug-likeness (QED) is 0.861.